The SMILES string of the molecule is Cc1ccc(NC(=O)N2CCCC(Cn3ccnn3)C2)cc1C(F)(F)F. The molecule has 0 bridgehead atoms. The number of benzene rings is 1. The van der Waals surface area contributed by atoms with E-state index in [0.29, 0.717) is 19.6 Å². The second-order valence-corrected chi connectivity index (χ2v) is 6.54. The summed E-state index contributed by atoms with van der Waals surface area (Å²) in [5.41, 5.74) is -0.467. The normalized spacial score (nSPS) is 18.0. The molecule has 1 aromatic heterocycles. The highest BCUT2D eigenvalue weighted by Gasteiger charge is 2.33. The third-order valence-corrected chi connectivity index (χ3v) is 4.52. The molecular formula is C17H20F3N5O. The van der Waals surface area contributed by atoms with Crippen molar-refractivity contribution >= 4 is 11.7 Å². The fourth-order valence-electron chi connectivity index (χ4n) is 3.20. The van der Waals surface area contributed by atoms with Gasteiger partial charge in [0.2, 0.25) is 0 Å². The number of alkyl halides is 3. The first-order valence-electron chi connectivity index (χ1n) is 8.41. The number of aryl methyl sites for hydroxylation is 1. The standard InChI is InChI=1S/C17H20F3N5O/c1-12-4-5-14(9-15(12)17(18,19)20)22-16(26)24-7-2-3-13(10-24)11-25-8-6-21-23-25/h4-6,8-9,13H,2-3,7,10-11H2,1H3,(H,22,26). The number of nitrogens with one attached hydrogen (secondary N) is 1. The van der Waals surface area contributed by atoms with Crippen LogP contribution in [-0.4, -0.2) is 39.0 Å². The molecule has 2 amide bonds. The van der Waals surface area contributed by atoms with Crippen LogP contribution in [-0.2, 0) is 12.7 Å². The molecule has 1 saturated heterocycles. The minimum Gasteiger partial charge on any atom is -0.324 e. The number of aromatic nitrogens is 3. The van der Waals surface area contributed by atoms with Crippen molar-refractivity contribution in [1.29, 1.82) is 0 Å². The van der Waals surface area contributed by atoms with E-state index in [1.165, 1.54) is 19.1 Å². The van der Waals surface area contributed by atoms with Gasteiger partial charge in [-0.05, 0) is 43.4 Å². The molecule has 2 heterocycles. The maximum absolute atomic E-state index is 13.0. The van der Waals surface area contributed by atoms with Gasteiger partial charge in [0.05, 0.1) is 11.8 Å². The summed E-state index contributed by atoms with van der Waals surface area (Å²) in [5.74, 6) is 0.236. The van der Waals surface area contributed by atoms with E-state index in [2.05, 4.69) is 15.6 Å². The van der Waals surface area contributed by atoms with Gasteiger partial charge in [-0.1, -0.05) is 11.3 Å². The Morgan fingerprint density at radius 1 is 1.38 bits per heavy atom. The maximum atomic E-state index is 13.0. The van der Waals surface area contributed by atoms with Crippen LogP contribution in [0.5, 0.6) is 0 Å². The van der Waals surface area contributed by atoms with Crippen LogP contribution < -0.4 is 5.32 Å². The predicted molar refractivity (Wildman–Crippen MR) is 89.5 cm³/mol. The number of piperidine rings is 1. The molecule has 1 aliphatic rings. The fraction of sp³-hybridized carbons (Fsp3) is 0.471. The summed E-state index contributed by atoms with van der Waals surface area (Å²) >= 11 is 0. The summed E-state index contributed by atoms with van der Waals surface area (Å²) in [6, 6.07) is 3.44. The van der Waals surface area contributed by atoms with Gasteiger partial charge in [0.1, 0.15) is 0 Å². The van der Waals surface area contributed by atoms with E-state index < -0.39 is 11.7 Å². The summed E-state index contributed by atoms with van der Waals surface area (Å²) in [5, 5.41) is 10.3. The molecule has 0 saturated carbocycles. The molecule has 26 heavy (non-hydrogen) atoms. The van der Waals surface area contributed by atoms with Gasteiger partial charge >= 0.3 is 12.2 Å². The lowest BCUT2D eigenvalue weighted by atomic mass is 9.98. The number of rotatable bonds is 3. The molecular weight excluding hydrogens is 347 g/mol. The number of carbonyl (C=O) groups excluding carboxylic acids is 1. The third kappa shape index (κ3) is 4.33. The van der Waals surface area contributed by atoms with Crippen molar-refractivity contribution in [3.8, 4) is 0 Å². The summed E-state index contributed by atoms with van der Waals surface area (Å²) in [7, 11) is 0. The molecule has 9 heteroatoms. The Balaban J connectivity index is 1.64. The molecule has 140 valence electrons. The van der Waals surface area contributed by atoms with Gasteiger partial charge in [-0.25, -0.2) is 4.79 Å². The highest BCUT2D eigenvalue weighted by Crippen LogP contribution is 2.33. The van der Waals surface area contributed by atoms with Gasteiger partial charge in [-0.3, -0.25) is 4.68 Å². The Labute approximate surface area is 149 Å². The zero-order valence-corrected chi connectivity index (χ0v) is 14.3. The number of nitrogens with zero attached hydrogens (tertiary/aromatic N) is 4. The van der Waals surface area contributed by atoms with Crippen molar-refractivity contribution in [2.45, 2.75) is 32.5 Å². The van der Waals surface area contributed by atoms with Gasteiger partial charge in [0.25, 0.3) is 0 Å². The fourth-order valence-corrected chi connectivity index (χ4v) is 3.20. The van der Waals surface area contributed by atoms with Crippen LogP contribution in [0, 0.1) is 12.8 Å². The van der Waals surface area contributed by atoms with Crippen LogP contribution in [0.15, 0.2) is 30.6 Å². The molecule has 1 aromatic carbocycles. The van der Waals surface area contributed by atoms with E-state index in [-0.39, 0.29) is 23.2 Å². The molecule has 2 aromatic rings. The van der Waals surface area contributed by atoms with Crippen molar-refractivity contribution < 1.29 is 18.0 Å². The zero-order chi connectivity index (χ0) is 18.7. The van der Waals surface area contributed by atoms with E-state index in [1.54, 1.807) is 22.0 Å². The van der Waals surface area contributed by atoms with Crippen LogP contribution in [0.4, 0.5) is 23.7 Å². The van der Waals surface area contributed by atoms with E-state index in [0.717, 1.165) is 18.9 Å². The Morgan fingerprint density at radius 2 is 2.19 bits per heavy atom. The molecule has 0 aliphatic carbocycles. The summed E-state index contributed by atoms with van der Waals surface area (Å²) in [4.78, 5) is 14.1. The van der Waals surface area contributed by atoms with Crippen molar-refractivity contribution in [3.63, 3.8) is 0 Å². The second-order valence-electron chi connectivity index (χ2n) is 6.54. The molecule has 0 radical (unpaired) electrons. The van der Waals surface area contributed by atoms with E-state index >= 15 is 0 Å². The first-order chi connectivity index (χ1) is 12.3. The number of urea groups is 1. The number of hydrogen-bond donors (Lipinski definition) is 1. The number of hydrogen-bond acceptors (Lipinski definition) is 3. The Bertz CT molecular complexity index is 760. The number of carbonyl (C=O) groups is 1. The molecule has 1 unspecified atom stereocenters. The average molecular weight is 367 g/mol. The topological polar surface area (TPSA) is 63.1 Å². The van der Waals surface area contributed by atoms with Gasteiger partial charge in [-0.15, -0.1) is 5.10 Å². The minimum absolute atomic E-state index is 0.126. The lowest BCUT2D eigenvalue weighted by Crippen LogP contribution is -2.43. The largest absolute Gasteiger partial charge is 0.416 e. The lowest BCUT2D eigenvalue weighted by molar-refractivity contribution is -0.138. The van der Waals surface area contributed by atoms with E-state index in [4.69, 9.17) is 0 Å². The number of likely N-dealkylation sites (tertiary alicyclic amines) is 1. The Morgan fingerprint density at radius 3 is 2.88 bits per heavy atom. The van der Waals surface area contributed by atoms with Crippen LogP contribution in [0.2, 0.25) is 0 Å². The molecule has 0 spiro atoms. The maximum Gasteiger partial charge on any atom is 0.416 e. The van der Waals surface area contributed by atoms with Crippen molar-refractivity contribution in [2.24, 2.45) is 5.92 Å². The minimum atomic E-state index is -4.45. The Hall–Kier alpha value is -2.58. The molecule has 1 aliphatic heterocycles. The van der Waals surface area contributed by atoms with E-state index in [1.807, 2.05) is 0 Å². The lowest BCUT2D eigenvalue weighted by Gasteiger charge is -2.32. The quantitative estimate of drug-likeness (QED) is 0.902. The van der Waals surface area contributed by atoms with E-state index in [9.17, 15) is 18.0 Å². The summed E-state index contributed by atoms with van der Waals surface area (Å²) in [6.45, 7) is 3.17. The zero-order valence-electron chi connectivity index (χ0n) is 14.3. The van der Waals surface area contributed by atoms with Crippen LogP contribution in [0.3, 0.4) is 0 Å². The molecule has 3 rings (SSSR count). The molecule has 1 fully saturated rings. The monoisotopic (exact) mass is 367 g/mol. The van der Waals surface area contributed by atoms with Crippen molar-refractivity contribution in [3.05, 3.63) is 41.7 Å². The van der Waals surface area contributed by atoms with Gasteiger partial charge in [0.15, 0.2) is 0 Å². The summed E-state index contributed by atoms with van der Waals surface area (Å²) in [6.07, 6.45) is 0.729. The molecule has 6 nitrogen and oxygen atoms in total. The highest BCUT2D eigenvalue weighted by molar-refractivity contribution is 5.89. The first-order valence-corrected chi connectivity index (χ1v) is 8.41. The highest BCUT2D eigenvalue weighted by atomic mass is 19.4. The summed E-state index contributed by atoms with van der Waals surface area (Å²) < 4.78 is 40.8. The smallest absolute Gasteiger partial charge is 0.324 e. The van der Waals surface area contributed by atoms with Crippen LogP contribution in [0.1, 0.15) is 24.0 Å². The van der Waals surface area contributed by atoms with Crippen LogP contribution >= 0.6 is 0 Å². The number of halogens is 3. The number of anilines is 1. The molecule has 1 atom stereocenters. The second kappa shape index (κ2) is 7.35. The van der Waals surface area contributed by atoms with Gasteiger partial charge in [-0.2, -0.15) is 13.2 Å². The van der Waals surface area contributed by atoms with Crippen molar-refractivity contribution in [2.75, 3.05) is 18.4 Å². The first kappa shape index (κ1) is 18.2. The molecule has 1 N–H and O–H groups in total. The van der Waals surface area contributed by atoms with Gasteiger partial charge < -0.3 is 10.2 Å². The number of amides is 2. The average Bonchev–Trinajstić information content (AvgIpc) is 3.09. The Kier molecular flexibility index (Phi) is 5.15. The van der Waals surface area contributed by atoms with Crippen molar-refractivity contribution in [1.82, 2.24) is 19.9 Å². The van der Waals surface area contributed by atoms with Gasteiger partial charge in [0, 0.05) is 31.5 Å². The third-order valence-electron chi connectivity index (χ3n) is 4.52. The predicted octanol–water partition coefficient (Wildman–Crippen LogP) is 3.55. The van der Waals surface area contributed by atoms with Crippen LogP contribution in [0.25, 0.3) is 0 Å².